The number of sulfone groups is 1. The van der Waals surface area contributed by atoms with E-state index in [1.54, 1.807) is 7.05 Å². The van der Waals surface area contributed by atoms with Crippen molar-refractivity contribution in [2.24, 2.45) is 0 Å². The molecule has 0 aromatic heterocycles. The molecule has 0 aliphatic rings. The van der Waals surface area contributed by atoms with Crippen molar-refractivity contribution in [1.82, 2.24) is 4.90 Å². The third-order valence-electron chi connectivity index (χ3n) is 4.11. The molecule has 0 bridgehead atoms. The fourth-order valence-corrected chi connectivity index (χ4v) is 3.94. The lowest BCUT2D eigenvalue weighted by molar-refractivity contribution is -0.129. The van der Waals surface area contributed by atoms with Crippen LogP contribution in [-0.2, 0) is 26.9 Å². The van der Waals surface area contributed by atoms with Crippen LogP contribution in [0, 0.1) is 5.82 Å². The van der Waals surface area contributed by atoms with Crippen molar-refractivity contribution in [3.8, 4) is 5.75 Å². The van der Waals surface area contributed by atoms with Crippen molar-refractivity contribution in [2.45, 2.75) is 24.5 Å². The van der Waals surface area contributed by atoms with Gasteiger partial charge >= 0.3 is 0 Å². The van der Waals surface area contributed by atoms with Gasteiger partial charge in [-0.25, -0.2) is 12.8 Å². The summed E-state index contributed by atoms with van der Waals surface area (Å²) in [7, 11) is -0.890. The van der Waals surface area contributed by atoms with Crippen molar-refractivity contribution < 1.29 is 22.3 Å². The molecule has 140 valence electrons. The lowest BCUT2D eigenvalue weighted by Gasteiger charge is -2.21. The number of nitrogens with zero attached hydrogens (tertiary/aromatic N) is 1. The SMILES string of the molecule is COc1ccc(CS(=O)(=O)[C@@H](C)C(=O)N(C)Cc2ccccc2)cc1F. The number of methoxy groups -OCH3 is 1. The Morgan fingerprint density at radius 2 is 1.81 bits per heavy atom. The Kier molecular flexibility index (Phi) is 6.37. The number of hydrogen-bond acceptors (Lipinski definition) is 4. The first-order valence-electron chi connectivity index (χ1n) is 8.07. The van der Waals surface area contributed by atoms with Gasteiger partial charge in [-0.2, -0.15) is 0 Å². The van der Waals surface area contributed by atoms with Crippen molar-refractivity contribution in [1.29, 1.82) is 0 Å². The number of carbonyl (C=O) groups is 1. The molecule has 2 aromatic carbocycles. The molecule has 7 heteroatoms. The van der Waals surface area contributed by atoms with E-state index in [0.717, 1.165) is 11.6 Å². The Labute approximate surface area is 153 Å². The normalized spacial score (nSPS) is 12.5. The molecule has 5 nitrogen and oxygen atoms in total. The molecule has 0 unspecified atom stereocenters. The molecule has 1 amide bonds. The second-order valence-corrected chi connectivity index (χ2v) is 8.42. The van der Waals surface area contributed by atoms with E-state index < -0.39 is 32.6 Å². The van der Waals surface area contributed by atoms with Crippen LogP contribution in [0.1, 0.15) is 18.1 Å². The molecule has 0 radical (unpaired) electrons. The second kappa shape index (κ2) is 8.31. The van der Waals surface area contributed by atoms with E-state index in [9.17, 15) is 17.6 Å². The van der Waals surface area contributed by atoms with Crippen LogP contribution in [0.15, 0.2) is 48.5 Å². The summed E-state index contributed by atoms with van der Waals surface area (Å²) in [5.74, 6) is -1.51. The van der Waals surface area contributed by atoms with Crippen molar-refractivity contribution in [3.05, 3.63) is 65.5 Å². The first-order chi connectivity index (χ1) is 12.2. The van der Waals surface area contributed by atoms with Crippen LogP contribution in [0.3, 0.4) is 0 Å². The van der Waals surface area contributed by atoms with Crippen LogP contribution in [-0.4, -0.2) is 38.6 Å². The lowest BCUT2D eigenvalue weighted by Crippen LogP contribution is -2.39. The number of rotatable bonds is 7. The van der Waals surface area contributed by atoms with Crippen molar-refractivity contribution in [3.63, 3.8) is 0 Å². The second-order valence-electron chi connectivity index (χ2n) is 6.10. The van der Waals surface area contributed by atoms with Crippen molar-refractivity contribution in [2.75, 3.05) is 14.2 Å². The average Bonchev–Trinajstić information content (AvgIpc) is 2.61. The van der Waals surface area contributed by atoms with Gasteiger partial charge in [-0.1, -0.05) is 36.4 Å². The summed E-state index contributed by atoms with van der Waals surface area (Å²) in [6.07, 6.45) is 0. The van der Waals surface area contributed by atoms with Crippen LogP contribution in [0.2, 0.25) is 0 Å². The fraction of sp³-hybridized carbons (Fsp3) is 0.316. The van der Waals surface area contributed by atoms with E-state index in [1.165, 1.54) is 31.1 Å². The highest BCUT2D eigenvalue weighted by molar-refractivity contribution is 7.92. The number of ether oxygens (including phenoxy) is 1. The summed E-state index contributed by atoms with van der Waals surface area (Å²) in [6, 6.07) is 13.3. The highest BCUT2D eigenvalue weighted by Crippen LogP contribution is 2.21. The number of hydrogen-bond donors (Lipinski definition) is 0. The van der Waals surface area contributed by atoms with Gasteiger partial charge in [0.25, 0.3) is 0 Å². The third kappa shape index (κ3) is 4.82. The minimum absolute atomic E-state index is 0.0397. The highest BCUT2D eigenvalue weighted by atomic mass is 32.2. The van der Waals surface area contributed by atoms with Gasteiger partial charge in [0.15, 0.2) is 21.4 Å². The maximum atomic E-state index is 13.8. The van der Waals surface area contributed by atoms with Gasteiger partial charge < -0.3 is 9.64 Å². The summed E-state index contributed by atoms with van der Waals surface area (Å²) < 4.78 is 43.7. The monoisotopic (exact) mass is 379 g/mol. The topological polar surface area (TPSA) is 63.7 Å². The average molecular weight is 379 g/mol. The van der Waals surface area contributed by atoms with E-state index in [1.807, 2.05) is 30.3 Å². The molecule has 1 atom stereocenters. The third-order valence-corrected chi connectivity index (χ3v) is 6.12. The first-order valence-corrected chi connectivity index (χ1v) is 9.79. The maximum absolute atomic E-state index is 13.8. The molecule has 0 spiro atoms. The van der Waals surface area contributed by atoms with Crippen LogP contribution < -0.4 is 4.74 Å². The Hall–Kier alpha value is -2.41. The predicted octanol–water partition coefficient (Wildman–Crippen LogP) is 2.80. The Morgan fingerprint density at radius 1 is 1.15 bits per heavy atom. The Bertz CT molecular complexity index is 868. The molecule has 0 heterocycles. The number of carbonyl (C=O) groups excluding carboxylic acids is 1. The molecular formula is C19H22FNO4S. The van der Waals surface area contributed by atoms with Gasteiger partial charge in [0.1, 0.15) is 5.25 Å². The van der Waals surface area contributed by atoms with Gasteiger partial charge in [-0.15, -0.1) is 0 Å². The molecule has 0 saturated carbocycles. The van der Waals surface area contributed by atoms with Gasteiger partial charge in [0.2, 0.25) is 5.91 Å². The van der Waals surface area contributed by atoms with Crippen LogP contribution >= 0.6 is 0 Å². The van der Waals surface area contributed by atoms with Gasteiger partial charge in [0.05, 0.1) is 12.9 Å². The van der Waals surface area contributed by atoms with E-state index in [2.05, 4.69) is 0 Å². The summed E-state index contributed by atoms with van der Waals surface area (Å²) in [4.78, 5) is 13.9. The molecule has 0 aliphatic carbocycles. The summed E-state index contributed by atoms with van der Waals surface area (Å²) in [5, 5.41) is -1.22. The number of halogens is 1. The minimum Gasteiger partial charge on any atom is -0.494 e. The zero-order valence-electron chi connectivity index (χ0n) is 15.0. The Balaban J connectivity index is 2.09. The first kappa shape index (κ1) is 19.9. The van der Waals surface area contributed by atoms with Crippen LogP contribution in [0.5, 0.6) is 5.75 Å². The fourth-order valence-electron chi connectivity index (χ4n) is 2.56. The van der Waals surface area contributed by atoms with E-state index >= 15 is 0 Å². The summed E-state index contributed by atoms with van der Waals surface area (Å²) >= 11 is 0. The largest absolute Gasteiger partial charge is 0.494 e. The Morgan fingerprint density at radius 3 is 2.38 bits per heavy atom. The molecular weight excluding hydrogens is 357 g/mol. The molecule has 26 heavy (non-hydrogen) atoms. The summed E-state index contributed by atoms with van der Waals surface area (Å²) in [6.45, 7) is 1.68. The van der Waals surface area contributed by atoms with Crippen LogP contribution in [0.4, 0.5) is 4.39 Å². The highest BCUT2D eigenvalue weighted by Gasteiger charge is 2.30. The summed E-state index contributed by atoms with van der Waals surface area (Å²) in [5.41, 5.74) is 1.18. The zero-order valence-corrected chi connectivity index (χ0v) is 15.8. The van der Waals surface area contributed by atoms with E-state index in [4.69, 9.17) is 4.74 Å². The zero-order chi connectivity index (χ0) is 19.3. The number of benzene rings is 2. The van der Waals surface area contributed by atoms with Gasteiger partial charge in [-0.3, -0.25) is 4.79 Å². The van der Waals surface area contributed by atoms with E-state index in [0.29, 0.717) is 6.54 Å². The molecule has 0 aliphatic heterocycles. The standard InChI is InChI=1S/C19H22FNO4S/c1-14(19(22)21(2)12-15-7-5-4-6-8-15)26(23,24)13-16-9-10-18(25-3)17(20)11-16/h4-11,14H,12-13H2,1-3H3/t14-/m0/s1. The quantitative estimate of drug-likeness (QED) is 0.742. The molecule has 0 N–H and O–H groups in total. The number of amides is 1. The van der Waals surface area contributed by atoms with Crippen LogP contribution in [0.25, 0.3) is 0 Å². The molecule has 0 fully saturated rings. The van der Waals surface area contributed by atoms with Gasteiger partial charge in [0, 0.05) is 13.6 Å². The lowest BCUT2D eigenvalue weighted by atomic mass is 10.2. The molecule has 0 saturated heterocycles. The molecule has 2 aromatic rings. The minimum atomic E-state index is -3.78. The molecule has 2 rings (SSSR count). The smallest absolute Gasteiger partial charge is 0.240 e. The predicted molar refractivity (Wildman–Crippen MR) is 98.0 cm³/mol. The van der Waals surface area contributed by atoms with Gasteiger partial charge in [-0.05, 0) is 30.2 Å². The maximum Gasteiger partial charge on any atom is 0.240 e. The van der Waals surface area contributed by atoms with Crippen molar-refractivity contribution >= 4 is 15.7 Å². The van der Waals surface area contributed by atoms with E-state index in [-0.39, 0.29) is 11.3 Å².